The molecule has 4 heteroatoms. The molecule has 0 aromatic heterocycles. The van der Waals surface area contributed by atoms with Crippen LogP contribution in [0.3, 0.4) is 0 Å². The average molecular weight is 834 g/mol. The molecule has 59 heavy (non-hydrogen) atoms. The van der Waals surface area contributed by atoms with Crippen LogP contribution in [0.4, 0.5) is 0 Å². The molecule has 0 aliphatic rings. The summed E-state index contributed by atoms with van der Waals surface area (Å²) in [6, 6.07) is -0.531. The Bertz CT molecular complexity index is 773. The van der Waals surface area contributed by atoms with Gasteiger partial charge < -0.3 is 15.5 Å². The van der Waals surface area contributed by atoms with E-state index < -0.39 is 12.1 Å². The molecule has 0 fully saturated rings. The highest BCUT2D eigenvalue weighted by atomic mass is 16.3. The number of hydrogen-bond donors (Lipinski definition) is 3. The minimum absolute atomic E-state index is 0.0227. The molecule has 1 amide bonds. The van der Waals surface area contributed by atoms with Crippen LogP contribution in [-0.4, -0.2) is 34.9 Å². The number of hydrogen-bond acceptors (Lipinski definition) is 3. The van der Waals surface area contributed by atoms with Gasteiger partial charge in [-0.15, -0.1) is 0 Å². The van der Waals surface area contributed by atoms with Gasteiger partial charge in [-0.3, -0.25) is 4.79 Å². The van der Waals surface area contributed by atoms with Crippen LogP contribution >= 0.6 is 0 Å². The van der Waals surface area contributed by atoms with Crippen LogP contribution in [-0.2, 0) is 4.79 Å². The van der Waals surface area contributed by atoms with Crippen molar-refractivity contribution in [3.8, 4) is 0 Å². The lowest BCUT2D eigenvalue weighted by atomic mass is 10.0. The lowest BCUT2D eigenvalue weighted by Crippen LogP contribution is -2.45. The summed E-state index contributed by atoms with van der Waals surface area (Å²) in [5.74, 6) is -0.0227. The molecule has 0 bridgehead atoms. The molecule has 0 aliphatic carbocycles. The lowest BCUT2D eigenvalue weighted by molar-refractivity contribution is -0.123. The molecule has 0 aromatic rings. The van der Waals surface area contributed by atoms with Crippen molar-refractivity contribution < 1.29 is 15.0 Å². The van der Waals surface area contributed by atoms with Crippen molar-refractivity contribution in [3.05, 3.63) is 0 Å². The predicted molar refractivity (Wildman–Crippen MR) is 263 cm³/mol. The summed E-state index contributed by atoms with van der Waals surface area (Å²) in [7, 11) is 0. The van der Waals surface area contributed by atoms with Gasteiger partial charge >= 0.3 is 0 Å². The first-order valence-electron chi connectivity index (χ1n) is 27.7. The molecule has 0 rings (SSSR count). The number of nitrogens with one attached hydrogen (secondary N) is 1. The third kappa shape index (κ3) is 48.3. The molecular formula is C55H111NO3. The lowest BCUT2D eigenvalue weighted by Gasteiger charge is -2.22. The van der Waals surface area contributed by atoms with E-state index in [1.165, 1.54) is 276 Å². The fourth-order valence-electron chi connectivity index (χ4n) is 9.13. The minimum Gasteiger partial charge on any atom is -0.394 e. The fourth-order valence-corrected chi connectivity index (χ4v) is 9.13. The zero-order chi connectivity index (χ0) is 42.8. The van der Waals surface area contributed by atoms with Crippen LogP contribution < -0.4 is 5.32 Å². The normalized spacial score (nSPS) is 12.7. The van der Waals surface area contributed by atoms with Gasteiger partial charge in [0.2, 0.25) is 5.91 Å². The predicted octanol–water partition coefficient (Wildman–Crippen LogP) is 18.0. The van der Waals surface area contributed by atoms with Crippen molar-refractivity contribution in [1.29, 1.82) is 0 Å². The molecule has 354 valence electrons. The second-order valence-corrected chi connectivity index (χ2v) is 19.4. The molecular weight excluding hydrogens is 723 g/mol. The second-order valence-electron chi connectivity index (χ2n) is 19.4. The van der Waals surface area contributed by atoms with Crippen molar-refractivity contribution in [1.82, 2.24) is 5.32 Å². The molecule has 0 spiro atoms. The number of unbranched alkanes of at least 4 members (excludes halogenated alkanes) is 45. The molecule has 0 saturated heterocycles. The van der Waals surface area contributed by atoms with Crippen LogP contribution in [0.1, 0.15) is 328 Å². The van der Waals surface area contributed by atoms with Gasteiger partial charge in [-0.25, -0.2) is 0 Å². The Morgan fingerprint density at radius 2 is 0.542 bits per heavy atom. The van der Waals surface area contributed by atoms with Crippen molar-refractivity contribution in [3.63, 3.8) is 0 Å². The van der Waals surface area contributed by atoms with Gasteiger partial charge in [0.15, 0.2) is 0 Å². The van der Waals surface area contributed by atoms with E-state index in [0.29, 0.717) is 12.8 Å². The zero-order valence-electron chi connectivity index (χ0n) is 40.8. The summed E-state index contributed by atoms with van der Waals surface area (Å²) in [5.41, 5.74) is 0. The smallest absolute Gasteiger partial charge is 0.220 e. The SMILES string of the molecule is CCCCCCCCCCCCCCCCCCCCCCCCCCCCCCC(O)C(CO)NC(=O)CCCCCCCCCCCCCCCCCCCCC. The number of amides is 1. The fraction of sp³-hybridized carbons (Fsp3) is 0.982. The van der Waals surface area contributed by atoms with Crippen molar-refractivity contribution in [2.24, 2.45) is 0 Å². The quantitative estimate of drug-likeness (QED) is 0.0535. The van der Waals surface area contributed by atoms with E-state index in [1.807, 2.05) is 0 Å². The zero-order valence-corrected chi connectivity index (χ0v) is 40.8. The van der Waals surface area contributed by atoms with E-state index in [-0.39, 0.29) is 12.5 Å². The van der Waals surface area contributed by atoms with Crippen LogP contribution in [0.25, 0.3) is 0 Å². The number of rotatable bonds is 52. The summed E-state index contributed by atoms with van der Waals surface area (Å²) in [4.78, 5) is 12.5. The monoisotopic (exact) mass is 834 g/mol. The van der Waals surface area contributed by atoms with Crippen molar-refractivity contribution in [2.45, 2.75) is 341 Å². The molecule has 3 N–H and O–H groups in total. The molecule has 0 saturated carbocycles. The maximum absolute atomic E-state index is 12.5. The van der Waals surface area contributed by atoms with Gasteiger partial charge in [0.25, 0.3) is 0 Å². The Morgan fingerprint density at radius 1 is 0.339 bits per heavy atom. The Morgan fingerprint density at radius 3 is 0.763 bits per heavy atom. The molecule has 0 radical (unpaired) electrons. The second kappa shape index (κ2) is 51.7. The summed E-state index contributed by atoms with van der Waals surface area (Å²) in [6.07, 6.45) is 65.2. The molecule has 4 nitrogen and oxygen atoms in total. The Balaban J connectivity index is 3.39. The van der Waals surface area contributed by atoms with Gasteiger partial charge in [0.05, 0.1) is 18.8 Å². The first kappa shape index (κ1) is 58.4. The highest BCUT2D eigenvalue weighted by molar-refractivity contribution is 5.76. The van der Waals surface area contributed by atoms with Crippen LogP contribution in [0.15, 0.2) is 0 Å². The van der Waals surface area contributed by atoms with Gasteiger partial charge in [-0.2, -0.15) is 0 Å². The first-order chi connectivity index (χ1) is 29.2. The van der Waals surface area contributed by atoms with Gasteiger partial charge in [-0.1, -0.05) is 309 Å². The van der Waals surface area contributed by atoms with E-state index in [1.54, 1.807) is 0 Å². The Kier molecular flexibility index (Phi) is 51.2. The third-order valence-corrected chi connectivity index (χ3v) is 13.4. The number of carbonyl (C=O) groups excluding carboxylic acids is 1. The van der Waals surface area contributed by atoms with Gasteiger partial charge in [-0.05, 0) is 12.8 Å². The van der Waals surface area contributed by atoms with E-state index in [9.17, 15) is 15.0 Å². The van der Waals surface area contributed by atoms with Crippen LogP contribution in [0, 0.1) is 0 Å². The minimum atomic E-state index is -0.655. The molecule has 2 atom stereocenters. The topological polar surface area (TPSA) is 69.6 Å². The van der Waals surface area contributed by atoms with Crippen LogP contribution in [0.2, 0.25) is 0 Å². The number of carbonyl (C=O) groups is 1. The molecule has 2 unspecified atom stereocenters. The Hall–Kier alpha value is -0.610. The Labute approximate surface area is 372 Å². The summed E-state index contributed by atoms with van der Waals surface area (Å²) < 4.78 is 0. The van der Waals surface area contributed by atoms with E-state index in [0.717, 1.165) is 25.7 Å². The molecule has 0 aliphatic heterocycles. The molecule has 0 aromatic carbocycles. The average Bonchev–Trinajstić information content (AvgIpc) is 3.24. The maximum atomic E-state index is 12.5. The summed E-state index contributed by atoms with van der Waals surface area (Å²) in [5, 5.41) is 23.3. The van der Waals surface area contributed by atoms with Crippen LogP contribution in [0.5, 0.6) is 0 Å². The summed E-state index contributed by atoms with van der Waals surface area (Å²) >= 11 is 0. The van der Waals surface area contributed by atoms with Gasteiger partial charge in [0, 0.05) is 6.42 Å². The van der Waals surface area contributed by atoms with Gasteiger partial charge in [0.1, 0.15) is 0 Å². The molecule has 0 heterocycles. The number of aliphatic hydroxyl groups excluding tert-OH is 2. The van der Waals surface area contributed by atoms with Crippen molar-refractivity contribution >= 4 is 5.91 Å². The highest BCUT2D eigenvalue weighted by Crippen LogP contribution is 2.18. The largest absolute Gasteiger partial charge is 0.394 e. The van der Waals surface area contributed by atoms with Crippen molar-refractivity contribution in [2.75, 3.05) is 6.61 Å². The standard InChI is InChI=1S/C55H111NO3/c1-3-5-7-9-11-13-15-17-19-21-23-24-25-26-27-28-29-30-31-33-34-36-38-40-42-44-46-48-50-54(58)53(52-57)56-55(59)51-49-47-45-43-41-39-37-35-32-22-20-18-16-14-12-10-8-6-4-2/h53-54,57-58H,3-52H2,1-2H3,(H,56,59). The third-order valence-electron chi connectivity index (χ3n) is 13.4. The van der Waals surface area contributed by atoms with E-state index in [4.69, 9.17) is 0 Å². The first-order valence-corrected chi connectivity index (χ1v) is 27.7. The van der Waals surface area contributed by atoms with E-state index >= 15 is 0 Å². The summed E-state index contributed by atoms with van der Waals surface area (Å²) in [6.45, 7) is 4.40. The maximum Gasteiger partial charge on any atom is 0.220 e. The number of aliphatic hydroxyl groups is 2. The van der Waals surface area contributed by atoms with E-state index in [2.05, 4.69) is 19.2 Å². The highest BCUT2D eigenvalue weighted by Gasteiger charge is 2.20.